The zero-order valence-corrected chi connectivity index (χ0v) is 18.7. The molecule has 0 bridgehead atoms. The van der Waals surface area contributed by atoms with Gasteiger partial charge in [-0.3, -0.25) is 9.69 Å². The Morgan fingerprint density at radius 1 is 1.07 bits per heavy atom. The largest absolute Gasteiger partial charge is 0.368 e. The molecule has 0 atom stereocenters. The number of hydrogen-bond acceptors (Lipinski definition) is 4. The molecule has 2 fully saturated rings. The van der Waals surface area contributed by atoms with E-state index in [0.717, 1.165) is 57.5 Å². The minimum Gasteiger partial charge on any atom is -0.368 e. The highest BCUT2D eigenvalue weighted by Crippen LogP contribution is 2.33. The van der Waals surface area contributed by atoms with Gasteiger partial charge in [0.05, 0.1) is 22.3 Å². The summed E-state index contributed by atoms with van der Waals surface area (Å²) in [6.07, 6.45) is 3.46. The van der Waals surface area contributed by atoms with Crippen LogP contribution in [0.25, 0.3) is 0 Å². The maximum Gasteiger partial charge on any atom is 0.317 e. The van der Waals surface area contributed by atoms with E-state index in [1.165, 1.54) is 0 Å². The van der Waals surface area contributed by atoms with Crippen molar-refractivity contribution in [1.82, 2.24) is 15.1 Å². The van der Waals surface area contributed by atoms with E-state index >= 15 is 0 Å². The lowest BCUT2D eigenvalue weighted by atomic mass is 9.83. The van der Waals surface area contributed by atoms with Crippen LogP contribution in [0.5, 0.6) is 0 Å². The van der Waals surface area contributed by atoms with Crippen molar-refractivity contribution in [2.45, 2.75) is 31.7 Å². The van der Waals surface area contributed by atoms with Crippen molar-refractivity contribution in [2.24, 2.45) is 5.92 Å². The highest BCUT2D eigenvalue weighted by molar-refractivity contribution is 6.43. The molecule has 1 N–H and O–H groups in total. The number of carbonyl (C=O) groups excluding carboxylic acids is 2. The summed E-state index contributed by atoms with van der Waals surface area (Å²) in [4.78, 5) is 30.6. The van der Waals surface area contributed by atoms with Crippen molar-refractivity contribution in [3.8, 4) is 0 Å². The predicted octanol–water partition coefficient (Wildman–Crippen LogP) is 3.51. The highest BCUT2D eigenvalue weighted by Gasteiger charge is 2.29. The first-order valence-corrected chi connectivity index (χ1v) is 11.0. The van der Waals surface area contributed by atoms with E-state index in [0.29, 0.717) is 22.4 Å². The Morgan fingerprint density at radius 2 is 1.72 bits per heavy atom. The average Bonchev–Trinajstić information content (AvgIpc) is 2.71. The fourth-order valence-electron chi connectivity index (χ4n) is 4.10. The van der Waals surface area contributed by atoms with Crippen molar-refractivity contribution < 1.29 is 9.59 Å². The summed E-state index contributed by atoms with van der Waals surface area (Å²) in [7, 11) is 3.48. The molecule has 0 unspecified atom stereocenters. The molecule has 1 aromatic rings. The summed E-state index contributed by atoms with van der Waals surface area (Å²) in [5, 5.41) is 4.19. The minimum atomic E-state index is -0.0579. The number of benzene rings is 1. The predicted molar refractivity (Wildman–Crippen MR) is 118 cm³/mol. The van der Waals surface area contributed by atoms with E-state index in [4.69, 9.17) is 23.2 Å². The summed E-state index contributed by atoms with van der Waals surface area (Å²) in [5.74, 6) is 0.444. The molecular weight excluding hydrogens is 411 g/mol. The Morgan fingerprint density at radius 3 is 2.34 bits per heavy atom. The van der Waals surface area contributed by atoms with Gasteiger partial charge in [-0.05, 0) is 37.8 Å². The van der Waals surface area contributed by atoms with E-state index < -0.39 is 0 Å². The Balaban J connectivity index is 1.42. The van der Waals surface area contributed by atoms with Gasteiger partial charge in [-0.25, -0.2) is 4.79 Å². The fraction of sp³-hybridized carbons (Fsp3) is 0.619. The van der Waals surface area contributed by atoms with Crippen LogP contribution < -0.4 is 10.2 Å². The van der Waals surface area contributed by atoms with Crippen molar-refractivity contribution in [1.29, 1.82) is 0 Å². The maximum atomic E-state index is 12.8. The quantitative estimate of drug-likeness (QED) is 0.760. The third-order valence-electron chi connectivity index (χ3n) is 5.94. The fourth-order valence-corrected chi connectivity index (χ4v) is 4.51. The summed E-state index contributed by atoms with van der Waals surface area (Å²) < 4.78 is 0. The van der Waals surface area contributed by atoms with Crippen molar-refractivity contribution in [3.05, 3.63) is 28.2 Å². The molecule has 0 spiro atoms. The van der Waals surface area contributed by atoms with Crippen LogP contribution in [0.15, 0.2) is 18.2 Å². The normalized spacial score (nSPS) is 23.0. The molecule has 2 aliphatic rings. The first kappa shape index (κ1) is 22.2. The molecule has 3 rings (SSSR count). The van der Waals surface area contributed by atoms with Gasteiger partial charge in [-0.1, -0.05) is 29.3 Å². The van der Waals surface area contributed by atoms with Gasteiger partial charge < -0.3 is 15.1 Å². The molecule has 160 valence electrons. The number of hydrogen-bond donors (Lipinski definition) is 1. The van der Waals surface area contributed by atoms with Gasteiger partial charge in [-0.15, -0.1) is 0 Å². The van der Waals surface area contributed by atoms with Gasteiger partial charge in [0.2, 0.25) is 0 Å². The van der Waals surface area contributed by atoms with E-state index in [1.807, 2.05) is 12.1 Å². The van der Waals surface area contributed by atoms with E-state index in [9.17, 15) is 9.59 Å². The van der Waals surface area contributed by atoms with Crippen molar-refractivity contribution in [2.75, 3.05) is 51.7 Å². The second-order valence-electron chi connectivity index (χ2n) is 8.19. The molecule has 1 heterocycles. The zero-order chi connectivity index (χ0) is 21.0. The number of ketones is 1. The number of piperazine rings is 1. The zero-order valence-electron chi connectivity index (χ0n) is 17.2. The third-order valence-corrected chi connectivity index (χ3v) is 6.75. The van der Waals surface area contributed by atoms with Crippen LogP contribution in [-0.4, -0.2) is 74.5 Å². The molecular formula is C21H30Cl2N4O2. The molecule has 0 radical (unpaired) electrons. The number of urea groups is 1. The number of amides is 2. The third kappa shape index (κ3) is 5.77. The molecule has 1 aliphatic heterocycles. The Labute approximate surface area is 183 Å². The van der Waals surface area contributed by atoms with Crippen LogP contribution in [0.3, 0.4) is 0 Å². The summed E-state index contributed by atoms with van der Waals surface area (Å²) in [6, 6.07) is 5.82. The number of nitrogens with one attached hydrogen (secondary N) is 1. The lowest BCUT2D eigenvalue weighted by Gasteiger charge is -2.37. The van der Waals surface area contributed by atoms with Crippen LogP contribution in [0.4, 0.5) is 10.5 Å². The average molecular weight is 441 g/mol. The SMILES string of the molecule is CN(C)C(=O)N[C@H]1CC[C@H](C(=O)CN2CCN(c3cccc(Cl)c3Cl)CC2)CC1. The molecule has 1 saturated carbocycles. The Kier molecular flexibility index (Phi) is 7.66. The second-order valence-corrected chi connectivity index (χ2v) is 8.98. The number of nitrogens with zero attached hydrogens (tertiary/aromatic N) is 3. The summed E-state index contributed by atoms with van der Waals surface area (Å²) >= 11 is 12.5. The Bertz CT molecular complexity index is 727. The van der Waals surface area contributed by atoms with Gasteiger partial charge in [0, 0.05) is 52.2 Å². The van der Waals surface area contributed by atoms with Gasteiger partial charge in [0.25, 0.3) is 0 Å². The topological polar surface area (TPSA) is 55.9 Å². The van der Waals surface area contributed by atoms with E-state index in [1.54, 1.807) is 25.1 Å². The molecule has 8 heteroatoms. The number of Topliss-reactive ketones (excluding diaryl/α,β-unsaturated/α-hetero) is 1. The second kappa shape index (κ2) is 10.0. The first-order valence-electron chi connectivity index (χ1n) is 10.3. The van der Waals surface area contributed by atoms with Crippen LogP contribution in [0.1, 0.15) is 25.7 Å². The molecule has 0 aromatic heterocycles. The molecule has 1 aromatic carbocycles. The standard InChI is InChI=1S/C21H30Cl2N4O2/c1-25(2)21(29)24-16-8-6-15(7-9-16)19(28)14-26-10-12-27(13-11-26)18-5-3-4-17(22)20(18)23/h3-5,15-16H,6-14H2,1-2H3,(H,24,29)/t15-,16-. The minimum absolute atomic E-state index is 0.0579. The van der Waals surface area contributed by atoms with Crippen molar-refractivity contribution >= 4 is 40.7 Å². The molecule has 6 nitrogen and oxygen atoms in total. The highest BCUT2D eigenvalue weighted by atomic mass is 35.5. The van der Waals surface area contributed by atoms with Gasteiger partial charge >= 0.3 is 6.03 Å². The summed E-state index contributed by atoms with van der Waals surface area (Å²) in [5.41, 5.74) is 0.961. The van der Waals surface area contributed by atoms with Crippen LogP contribution >= 0.6 is 23.2 Å². The lowest BCUT2D eigenvalue weighted by molar-refractivity contribution is -0.125. The molecule has 1 saturated heterocycles. The number of halogens is 2. The monoisotopic (exact) mass is 440 g/mol. The van der Waals surface area contributed by atoms with E-state index in [2.05, 4.69) is 15.1 Å². The number of carbonyl (C=O) groups is 2. The molecule has 1 aliphatic carbocycles. The van der Waals surface area contributed by atoms with Gasteiger partial charge in [0.1, 0.15) is 5.78 Å². The summed E-state index contributed by atoms with van der Waals surface area (Å²) in [6.45, 7) is 3.84. The van der Waals surface area contributed by atoms with Gasteiger partial charge in [-0.2, -0.15) is 0 Å². The van der Waals surface area contributed by atoms with Crippen LogP contribution in [0.2, 0.25) is 10.0 Å². The van der Waals surface area contributed by atoms with Gasteiger partial charge in [0.15, 0.2) is 0 Å². The Hall–Kier alpha value is -1.50. The smallest absolute Gasteiger partial charge is 0.317 e. The van der Waals surface area contributed by atoms with Crippen LogP contribution in [0, 0.1) is 5.92 Å². The van der Waals surface area contributed by atoms with Crippen molar-refractivity contribution in [3.63, 3.8) is 0 Å². The maximum absolute atomic E-state index is 12.8. The molecule has 2 amide bonds. The van der Waals surface area contributed by atoms with Crippen LogP contribution in [-0.2, 0) is 4.79 Å². The lowest BCUT2D eigenvalue weighted by Crippen LogP contribution is -2.49. The number of rotatable bonds is 5. The first-order chi connectivity index (χ1) is 13.8. The molecule has 29 heavy (non-hydrogen) atoms. The number of anilines is 1. The van der Waals surface area contributed by atoms with E-state index in [-0.39, 0.29) is 18.0 Å².